The number of nitrogens with zero attached hydrogens (tertiary/aromatic N) is 2. The fourth-order valence-corrected chi connectivity index (χ4v) is 2.11. The van der Waals surface area contributed by atoms with Gasteiger partial charge in [0, 0.05) is 38.6 Å². The number of ether oxygens (including phenoxy) is 1. The van der Waals surface area contributed by atoms with E-state index in [1.165, 1.54) is 12.8 Å². The summed E-state index contributed by atoms with van der Waals surface area (Å²) in [7, 11) is 0. The molecule has 90 valence electrons. The van der Waals surface area contributed by atoms with E-state index in [9.17, 15) is 0 Å². The molecule has 2 rings (SSSR count). The van der Waals surface area contributed by atoms with Gasteiger partial charge >= 0.3 is 0 Å². The largest absolute Gasteiger partial charge is 0.381 e. The van der Waals surface area contributed by atoms with Gasteiger partial charge in [-0.1, -0.05) is 0 Å². The van der Waals surface area contributed by atoms with E-state index in [4.69, 9.17) is 4.74 Å². The number of nitrogens with one attached hydrogen (secondary N) is 1. The maximum atomic E-state index is 5.45. The highest BCUT2D eigenvalue weighted by Gasteiger charge is 2.12. The highest BCUT2D eigenvalue weighted by molar-refractivity contribution is 4.88. The van der Waals surface area contributed by atoms with E-state index in [-0.39, 0.29) is 0 Å². The summed E-state index contributed by atoms with van der Waals surface area (Å²) in [6, 6.07) is 0. The van der Waals surface area contributed by atoms with E-state index in [0.29, 0.717) is 5.92 Å². The molecular weight excluding hydrogens is 202 g/mol. The minimum Gasteiger partial charge on any atom is -0.381 e. The molecule has 0 saturated carbocycles. The second kappa shape index (κ2) is 6.01. The summed E-state index contributed by atoms with van der Waals surface area (Å²) in [6.07, 6.45) is 6.40. The first-order chi connectivity index (χ1) is 7.86. The lowest BCUT2D eigenvalue weighted by atomic mass is 10.0. The van der Waals surface area contributed by atoms with Gasteiger partial charge < -0.3 is 14.6 Å². The zero-order chi connectivity index (χ0) is 11.2. The number of rotatable bonds is 5. The molecule has 1 aliphatic rings. The molecule has 0 amide bonds. The number of aryl methyl sites for hydroxylation is 1. The van der Waals surface area contributed by atoms with E-state index in [2.05, 4.69) is 14.9 Å². The molecule has 1 N–H and O–H groups in total. The summed E-state index contributed by atoms with van der Waals surface area (Å²) >= 11 is 0. The molecule has 0 bridgehead atoms. The van der Waals surface area contributed by atoms with Gasteiger partial charge in [-0.2, -0.15) is 0 Å². The van der Waals surface area contributed by atoms with Crippen LogP contribution in [-0.2, 0) is 11.3 Å². The van der Waals surface area contributed by atoms with Crippen LogP contribution in [0.15, 0.2) is 12.4 Å². The molecule has 0 radical (unpaired) electrons. The molecule has 1 aromatic rings. The molecule has 1 fully saturated rings. The Morgan fingerprint density at radius 1 is 1.62 bits per heavy atom. The quantitative estimate of drug-likeness (QED) is 0.763. The Morgan fingerprint density at radius 3 is 3.25 bits per heavy atom. The normalized spacial score (nSPS) is 21.2. The second-order valence-electron chi connectivity index (χ2n) is 4.46. The summed E-state index contributed by atoms with van der Waals surface area (Å²) in [6.45, 7) is 7.00. The molecule has 4 nitrogen and oxygen atoms in total. The molecule has 2 heterocycles. The van der Waals surface area contributed by atoms with Crippen molar-refractivity contribution in [2.75, 3.05) is 26.3 Å². The maximum absolute atomic E-state index is 5.45. The van der Waals surface area contributed by atoms with E-state index in [1.807, 2.05) is 19.3 Å². The van der Waals surface area contributed by atoms with Gasteiger partial charge in [0.15, 0.2) is 0 Å². The van der Waals surface area contributed by atoms with Gasteiger partial charge in [0.1, 0.15) is 5.82 Å². The highest BCUT2D eigenvalue weighted by Crippen LogP contribution is 2.11. The number of aromatic nitrogens is 2. The first-order valence-electron chi connectivity index (χ1n) is 6.12. The van der Waals surface area contributed by atoms with Crippen LogP contribution in [0.25, 0.3) is 0 Å². The average Bonchev–Trinajstić information content (AvgIpc) is 2.72. The highest BCUT2D eigenvalue weighted by atomic mass is 16.5. The third-order valence-corrected chi connectivity index (χ3v) is 3.14. The van der Waals surface area contributed by atoms with Gasteiger partial charge in [-0.3, -0.25) is 0 Å². The van der Waals surface area contributed by atoms with Gasteiger partial charge in [-0.25, -0.2) is 4.98 Å². The lowest BCUT2D eigenvalue weighted by Crippen LogP contribution is -2.31. The van der Waals surface area contributed by atoms with Gasteiger partial charge in [-0.15, -0.1) is 0 Å². The molecule has 1 aliphatic heterocycles. The van der Waals surface area contributed by atoms with E-state index in [0.717, 1.165) is 38.7 Å². The van der Waals surface area contributed by atoms with Crippen LogP contribution >= 0.6 is 0 Å². The summed E-state index contributed by atoms with van der Waals surface area (Å²) in [5.41, 5.74) is 0. The zero-order valence-electron chi connectivity index (χ0n) is 9.98. The smallest absolute Gasteiger partial charge is 0.105 e. The number of hydrogen-bond acceptors (Lipinski definition) is 3. The maximum Gasteiger partial charge on any atom is 0.105 e. The van der Waals surface area contributed by atoms with Crippen molar-refractivity contribution >= 4 is 0 Å². The van der Waals surface area contributed by atoms with Crippen LogP contribution in [0.2, 0.25) is 0 Å². The van der Waals surface area contributed by atoms with E-state index in [1.54, 1.807) is 0 Å². The first-order valence-corrected chi connectivity index (χ1v) is 6.12. The minimum atomic E-state index is 0.706. The van der Waals surface area contributed by atoms with Crippen LogP contribution < -0.4 is 5.32 Å². The van der Waals surface area contributed by atoms with Crippen LogP contribution in [0.3, 0.4) is 0 Å². The Labute approximate surface area is 97.0 Å². The van der Waals surface area contributed by atoms with Gasteiger partial charge in [0.25, 0.3) is 0 Å². The standard InChI is InChI=1S/C12H21N3O/c1-11-14-5-7-15(11)6-4-13-9-12-3-2-8-16-10-12/h5,7,12-13H,2-4,6,8-10H2,1H3. The number of imidazole rings is 1. The van der Waals surface area contributed by atoms with Crippen molar-refractivity contribution in [3.8, 4) is 0 Å². The van der Waals surface area contributed by atoms with Crippen molar-refractivity contribution < 1.29 is 4.74 Å². The Balaban J connectivity index is 1.59. The summed E-state index contributed by atoms with van der Waals surface area (Å²) < 4.78 is 7.62. The van der Waals surface area contributed by atoms with Crippen LogP contribution in [0, 0.1) is 12.8 Å². The van der Waals surface area contributed by atoms with Gasteiger partial charge in [0.2, 0.25) is 0 Å². The monoisotopic (exact) mass is 223 g/mol. The van der Waals surface area contributed by atoms with Crippen LogP contribution in [0.1, 0.15) is 18.7 Å². The molecule has 0 spiro atoms. The minimum absolute atomic E-state index is 0.706. The molecule has 1 unspecified atom stereocenters. The lowest BCUT2D eigenvalue weighted by molar-refractivity contribution is 0.0548. The second-order valence-corrected chi connectivity index (χ2v) is 4.46. The first kappa shape index (κ1) is 11.6. The van der Waals surface area contributed by atoms with Crippen molar-refractivity contribution in [3.05, 3.63) is 18.2 Å². The Hall–Kier alpha value is -0.870. The van der Waals surface area contributed by atoms with Crippen LogP contribution in [0.4, 0.5) is 0 Å². The third kappa shape index (κ3) is 3.32. The lowest BCUT2D eigenvalue weighted by Gasteiger charge is -2.22. The molecule has 4 heteroatoms. The van der Waals surface area contributed by atoms with Gasteiger partial charge in [0.05, 0.1) is 6.61 Å². The Kier molecular flexibility index (Phi) is 4.36. The van der Waals surface area contributed by atoms with Crippen molar-refractivity contribution in [2.24, 2.45) is 5.92 Å². The SMILES string of the molecule is Cc1nccn1CCNCC1CCCOC1. The predicted octanol–water partition coefficient (Wildman–Crippen LogP) is 1.21. The molecule has 16 heavy (non-hydrogen) atoms. The Bertz CT molecular complexity index is 305. The van der Waals surface area contributed by atoms with E-state index < -0.39 is 0 Å². The summed E-state index contributed by atoms with van der Waals surface area (Å²) in [5, 5.41) is 3.49. The topological polar surface area (TPSA) is 39.1 Å². The van der Waals surface area contributed by atoms with Crippen LogP contribution in [-0.4, -0.2) is 35.9 Å². The average molecular weight is 223 g/mol. The van der Waals surface area contributed by atoms with Gasteiger partial charge in [-0.05, 0) is 25.7 Å². The molecule has 0 aromatic carbocycles. The molecule has 1 atom stereocenters. The zero-order valence-corrected chi connectivity index (χ0v) is 9.98. The van der Waals surface area contributed by atoms with E-state index >= 15 is 0 Å². The summed E-state index contributed by atoms with van der Waals surface area (Å²) in [4.78, 5) is 4.20. The van der Waals surface area contributed by atoms with Crippen molar-refractivity contribution in [1.82, 2.24) is 14.9 Å². The van der Waals surface area contributed by atoms with Crippen molar-refractivity contribution in [1.29, 1.82) is 0 Å². The molecule has 0 aliphatic carbocycles. The Morgan fingerprint density at radius 2 is 2.56 bits per heavy atom. The molecule has 1 aromatic heterocycles. The third-order valence-electron chi connectivity index (χ3n) is 3.14. The fraction of sp³-hybridized carbons (Fsp3) is 0.750. The van der Waals surface area contributed by atoms with Crippen molar-refractivity contribution in [3.63, 3.8) is 0 Å². The van der Waals surface area contributed by atoms with Crippen molar-refractivity contribution in [2.45, 2.75) is 26.3 Å². The summed E-state index contributed by atoms with van der Waals surface area (Å²) in [5.74, 6) is 1.79. The molecule has 1 saturated heterocycles. The fourth-order valence-electron chi connectivity index (χ4n) is 2.11. The molecular formula is C12H21N3O. The predicted molar refractivity (Wildman–Crippen MR) is 63.4 cm³/mol. The van der Waals surface area contributed by atoms with Crippen LogP contribution in [0.5, 0.6) is 0 Å². The number of hydrogen-bond donors (Lipinski definition) is 1.